The molecule has 1 aliphatic rings. The molecule has 1 aromatic heterocycles. The van der Waals surface area contributed by atoms with Crippen molar-refractivity contribution in [2.75, 3.05) is 11.4 Å². The molecule has 0 saturated carbocycles. The summed E-state index contributed by atoms with van der Waals surface area (Å²) in [5.74, 6) is -0.536. The molecule has 8 heteroatoms. The van der Waals surface area contributed by atoms with Crippen LogP contribution in [0.15, 0.2) is 54.7 Å². The summed E-state index contributed by atoms with van der Waals surface area (Å²) in [7, 11) is 1.87. The molecule has 0 radical (unpaired) electrons. The van der Waals surface area contributed by atoms with Crippen LogP contribution in [-0.4, -0.2) is 33.6 Å². The van der Waals surface area contributed by atoms with E-state index < -0.39 is 34.5 Å². The van der Waals surface area contributed by atoms with E-state index in [1.807, 2.05) is 42.1 Å². The second-order valence-electron chi connectivity index (χ2n) is 9.02. The Labute approximate surface area is 185 Å². The van der Waals surface area contributed by atoms with Crippen molar-refractivity contribution in [3.63, 3.8) is 0 Å². The molecule has 2 heterocycles. The first kappa shape index (κ1) is 21.5. The fraction of sp³-hybridized carbons (Fsp3) is 0.333. The number of anilines is 1. The van der Waals surface area contributed by atoms with Gasteiger partial charge in [-0.2, -0.15) is 0 Å². The summed E-state index contributed by atoms with van der Waals surface area (Å²) in [5.41, 5.74) is 0.293. The zero-order chi connectivity index (χ0) is 23.3. The third-order valence-corrected chi connectivity index (χ3v) is 5.78. The first-order valence-corrected chi connectivity index (χ1v) is 10.4. The molecule has 32 heavy (non-hydrogen) atoms. The first-order chi connectivity index (χ1) is 15.1. The molecule has 0 saturated heterocycles. The van der Waals surface area contributed by atoms with E-state index in [1.165, 1.54) is 0 Å². The molecule has 0 fully saturated rings. The Kier molecular flexibility index (Phi) is 5.03. The maximum Gasteiger partial charge on any atom is 0.421 e. The monoisotopic (exact) mass is 435 g/mol. The van der Waals surface area contributed by atoms with Gasteiger partial charge in [-0.1, -0.05) is 36.4 Å². The van der Waals surface area contributed by atoms with Crippen LogP contribution in [0.3, 0.4) is 0 Å². The van der Waals surface area contributed by atoms with E-state index in [-0.39, 0.29) is 6.42 Å². The number of imide groups is 1. The zero-order valence-corrected chi connectivity index (χ0v) is 18.5. The van der Waals surface area contributed by atoms with E-state index in [9.17, 15) is 19.7 Å². The SMILES string of the molecule is Cn1cc([C@]2(CC[N+](=O)[O-])C(=O)N(C(=O)OC(C)(C)C)c3ccccc32)c2ccccc21. The molecule has 0 aliphatic carbocycles. The predicted molar refractivity (Wildman–Crippen MR) is 120 cm³/mol. The Balaban J connectivity index is 1.99. The van der Waals surface area contributed by atoms with E-state index in [0.717, 1.165) is 15.8 Å². The number of benzene rings is 2. The van der Waals surface area contributed by atoms with Gasteiger partial charge in [-0.15, -0.1) is 0 Å². The summed E-state index contributed by atoms with van der Waals surface area (Å²) in [5, 5.41) is 12.2. The van der Waals surface area contributed by atoms with Gasteiger partial charge in [-0.3, -0.25) is 14.9 Å². The Morgan fingerprint density at radius 3 is 2.44 bits per heavy atom. The minimum absolute atomic E-state index is 0.0802. The van der Waals surface area contributed by atoms with Crippen LogP contribution < -0.4 is 4.90 Å². The van der Waals surface area contributed by atoms with Crippen molar-refractivity contribution in [3.8, 4) is 0 Å². The molecule has 0 bridgehead atoms. The fourth-order valence-corrected chi connectivity index (χ4v) is 4.51. The minimum Gasteiger partial charge on any atom is -0.443 e. The molecular weight excluding hydrogens is 410 g/mol. The molecule has 8 nitrogen and oxygen atoms in total. The van der Waals surface area contributed by atoms with Gasteiger partial charge in [-0.05, 0) is 44.0 Å². The molecule has 166 valence electrons. The smallest absolute Gasteiger partial charge is 0.421 e. The van der Waals surface area contributed by atoms with Gasteiger partial charge in [0.15, 0.2) is 0 Å². The number of nitrogens with zero attached hydrogens (tertiary/aromatic N) is 3. The first-order valence-electron chi connectivity index (χ1n) is 10.4. The normalized spacial score (nSPS) is 18.1. The third kappa shape index (κ3) is 3.32. The lowest BCUT2D eigenvalue weighted by molar-refractivity contribution is -0.481. The summed E-state index contributed by atoms with van der Waals surface area (Å²) in [6.45, 7) is 4.75. The molecule has 4 rings (SSSR count). The van der Waals surface area contributed by atoms with Gasteiger partial charge in [0.25, 0.3) is 5.91 Å². The number of amides is 2. The quantitative estimate of drug-likeness (QED) is 0.447. The Hall–Kier alpha value is -3.68. The number of nitro groups is 1. The summed E-state index contributed by atoms with van der Waals surface area (Å²) < 4.78 is 7.42. The number of para-hydroxylation sites is 2. The highest BCUT2D eigenvalue weighted by Gasteiger charge is 2.56. The average Bonchev–Trinajstić information content (AvgIpc) is 3.18. The van der Waals surface area contributed by atoms with Gasteiger partial charge >= 0.3 is 6.09 Å². The molecule has 2 amide bonds. The maximum atomic E-state index is 14.1. The van der Waals surface area contributed by atoms with Crippen LogP contribution in [-0.2, 0) is 22.0 Å². The van der Waals surface area contributed by atoms with Crippen molar-refractivity contribution in [1.29, 1.82) is 0 Å². The maximum absolute atomic E-state index is 14.1. The number of fused-ring (bicyclic) bond motifs is 2. The standard InChI is InChI=1S/C24H25N3O5/c1-23(2,3)32-22(29)27-20-12-8-6-10-17(20)24(21(27)28,13-14-26(30)31)18-15-25(4)19-11-7-5-9-16(18)19/h5-12,15H,13-14H2,1-4H3/t24-/m1/s1. The lowest BCUT2D eigenvalue weighted by atomic mass is 9.72. The minimum atomic E-state index is -1.39. The van der Waals surface area contributed by atoms with Gasteiger partial charge in [0.05, 0.1) is 5.69 Å². The number of aromatic nitrogens is 1. The van der Waals surface area contributed by atoms with Gasteiger partial charge in [0, 0.05) is 35.5 Å². The number of hydrogen-bond donors (Lipinski definition) is 0. The topological polar surface area (TPSA) is 94.7 Å². The lowest BCUT2D eigenvalue weighted by Crippen LogP contribution is -2.46. The summed E-state index contributed by atoms with van der Waals surface area (Å²) in [6.07, 6.45) is 0.958. The number of ether oxygens (including phenoxy) is 1. The number of carbonyl (C=O) groups is 2. The molecular formula is C24H25N3O5. The average molecular weight is 435 g/mol. The number of hydrogen-bond acceptors (Lipinski definition) is 5. The number of carbonyl (C=O) groups excluding carboxylic acids is 2. The lowest BCUT2D eigenvalue weighted by Gasteiger charge is -2.28. The van der Waals surface area contributed by atoms with Crippen molar-refractivity contribution >= 4 is 28.6 Å². The molecule has 3 aromatic rings. The van der Waals surface area contributed by atoms with E-state index >= 15 is 0 Å². The van der Waals surface area contributed by atoms with Crippen LogP contribution in [0.2, 0.25) is 0 Å². The van der Waals surface area contributed by atoms with E-state index in [0.29, 0.717) is 16.8 Å². The van der Waals surface area contributed by atoms with Crippen molar-refractivity contribution in [2.24, 2.45) is 7.05 Å². The Bertz CT molecular complexity index is 1240. The molecule has 0 N–H and O–H groups in total. The van der Waals surface area contributed by atoms with Crippen LogP contribution in [0.25, 0.3) is 10.9 Å². The number of rotatable bonds is 4. The van der Waals surface area contributed by atoms with E-state index in [2.05, 4.69) is 0 Å². The van der Waals surface area contributed by atoms with Crippen LogP contribution in [0.1, 0.15) is 38.3 Å². The highest BCUT2D eigenvalue weighted by Crippen LogP contribution is 2.50. The Morgan fingerprint density at radius 1 is 1.09 bits per heavy atom. The van der Waals surface area contributed by atoms with Gasteiger partial charge in [-0.25, -0.2) is 9.69 Å². The molecule has 0 spiro atoms. The third-order valence-electron chi connectivity index (χ3n) is 5.78. The summed E-state index contributed by atoms with van der Waals surface area (Å²) in [4.78, 5) is 39.2. The highest BCUT2D eigenvalue weighted by molar-refractivity contribution is 6.23. The van der Waals surface area contributed by atoms with Gasteiger partial charge in [0.1, 0.15) is 11.0 Å². The van der Waals surface area contributed by atoms with Crippen LogP contribution in [0.5, 0.6) is 0 Å². The van der Waals surface area contributed by atoms with Crippen LogP contribution in [0, 0.1) is 10.1 Å². The van der Waals surface area contributed by atoms with Crippen LogP contribution >= 0.6 is 0 Å². The van der Waals surface area contributed by atoms with E-state index in [4.69, 9.17) is 4.74 Å². The number of aryl methyl sites for hydroxylation is 1. The predicted octanol–water partition coefficient (Wildman–Crippen LogP) is 4.41. The molecule has 1 aliphatic heterocycles. The fourth-order valence-electron chi connectivity index (χ4n) is 4.51. The van der Waals surface area contributed by atoms with Crippen molar-refractivity contribution < 1.29 is 19.2 Å². The molecule has 0 unspecified atom stereocenters. The highest BCUT2D eigenvalue weighted by atomic mass is 16.6. The summed E-state index contributed by atoms with van der Waals surface area (Å²) >= 11 is 0. The van der Waals surface area contributed by atoms with Gasteiger partial charge < -0.3 is 9.30 Å². The zero-order valence-electron chi connectivity index (χ0n) is 18.5. The van der Waals surface area contributed by atoms with Crippen molar-refractivity contribution in [1.82, 2.24) is 4.57 Å². The van der Waals surface area contributed by atoms with Crippen LogP contribution in [0.4, 0.5) is 10.5 Å². The van der Waals surface area contributed by atoms with Gasteiger partial charge in [0.2, 0.25) is 6.54 Å². The van der Waals surface area contributed by atoms with Crippen molar-refractivity contribution in [2.45, 2.75) is 38.2 Å². The molecule has 1 atom stereocenters. The Morgan fingerprint density at radius 2 is 1.75 bits per heavy atom. The summed E-state index contributed by atoms with van der Waals surface area (Å²) in [6, 6.07) is 14.5. The van der Waals surface area contributed by atoms with Crippen molar-refractivity contribution in [3.05, 3.63) is 76.0 Å². The second-order valence-corrected chi connectivity index (χ2v) is 9.02. The van der Waals surface area contributed by atoms with E-state index in [1.54, 1.807) is 45.0 Å². The second kappa shape index (κ2) is 7.47. The largest absolute Gasteiger partial charge is 0.443 e. The molecule has 2 aromatic carbocycles.